The van der Waals surface area contributed by atoms with Gasteiger partial charge in [-0.2, -0.15) is 5.10 Å². The van der Waals surface area contributed by atoms with Gasteiger partial charge < -0.3 is 5.32 Å². The van der Waals surface area contributed by atoms with Crippen molar-refractivity contribution in [1.29, 1.82) is 0 Å². The number of hydrogen-bond acceptors (Lipinski definition) is 4. The molecule has 0 radical (unpaired) electrons. The first-order valence-electron chi connectivity index (χ1n) is 8.04. The van der Waals surface area contributed by atoms with Crippen LogP contribution in [0.25, 0.3) is 0 Å². The van der Waals surface area contributed by atoms with Crippen molar-refractivity contribution in [3.63, 3.8) is 0 Å². The molecule has 136 valence electrons. The van der Waals surface area contributed by atoms with Gasteiger partial charge in [-0.25, -0.2) is 8.42 Å². The first-order valence-corrected chi connectivity index (χ1v) is 9.48. The number of aryl methyl sites for hydroxylation is 3. The van der Waals surface area contributed by atoms with Crippen LogP contribution in [0.2, 0.25) is 0 Å². The average Bonchev–Trinajstić information content (AvgIpc) is 2.79. The summed E-state index contributed by atoms with van der Waals surface area (Å²) in [6, 6.07) is 7.04. The predicted octanol–water partition coefficient (Wildman–Crippen LogP) is 1.68. The maximum Gasteiger partial charge on any atom is 0.268 e. The fourth-order valence-corrected chi connectivity index (χ4v) is 4.47. The minimum Gasteiger partial charge on any atom is -0.355 e. The number of carbonyl (C=O) groups excluding carboxylic acids is 1. The van der Waals surface area contributed by atoms with Gasteiger partial charge in [-0.15, -0.1) is 0 Å². The van der Waals surface area contributed by atoms with Crippen molar-refractivity contribution in [3.05, 3.63) is 41.2 Å². The third-order valence-electron chi connectivity index (χ3n) is 3.97. The average molecular weight is 364 g/mol. The lowest BCUT2D eigenvalue weighted by Gasteiger charge is -2.24. The van der Waals surface area contributed by atoms with Crippen molar-refractivity contribution in [2.24, 2.45) is 7.05 Å². The molecule has 2 rings (SSSR count). The molecule has 0 saturated heterocycles. The minimum absolute atomic E-state index is 0.139. The van der Waals surface area contributed by atoms with E-state index in [1.54, 1.807) is 40.0 Å². The van der Waals surface area contributed by atoms with Gasteiger partial charge in [0.15, 0.2) is 0 Å². The zero-order valence-corrected chi connectivity index (χ0v) is 16.0. The second-order valence-corrected chi connectivity index (χ2v) is 7.72. The van der Waals surface area contributed by atoms with E-state index in [0.717, 1.165) is 9.87 Å². The van der Waals surface area contributed by atoms with Gasteiger partial charge in [0, 0.05) is 13.6 Å². The van der Waals surface area contributed by atoms with Crippen molar-refractivity contribution in [1.82, 2.24) is 15.1 Å². The molecule has 1 aromatic heterocycles. The quantitative estimate of drug-likeness (QED) is 0.845. The second kappa shape index (κ2) is 7.26. The van der Waals surface area contributed by atoms with E-state index in [0.29, 0.717) is 23.6 Å². The number of carbonyl (C=O) groups is 1. The summed E-state index contributed by atoms with van der Waals surface area (Å²) in [5.41, 5.74) is 2.39. The van der Waals surface area contributed by atoms with Crippen LogP contribution < -0.4 is 9.62 Å². The monoisotopic (exact) mass is 364 g/mol. The topological polar surface area (TPSA) is 84.3 Å². The Kier molecular flexibility index (Phi) is 5.52. The lowest BCUT2D eigenvalue weighted by molar-refractivity contribution is -0.119. The maximum absolute atomic E-state index is 13.3. The van der Waals surface area contributed by atoms with Crippen LogP contribution in [0.5, 0.6) is 0 Å². The SMILES string of the molecule is CCNC(=O)CN(c1ccc(C)cc1)S(=O)(=O)c1c(C)nn(C)c1C. The number of amides is 1. The van der Waals surface area contributed by atoms with Crippen LogP contribution in [-0.4, -0.2) is 37.2 Å². The molecule has 0 spiro atoms. The van der Waals surface area contributed by atoms with Crippen LogP contribution in [0.4, 0.5) is 5.69 Å². The summed E-state index contributed by atoms with van der Waals surface area (Å²) in [6.07, 6.45) is 0. The molecule has 2 aromatic rings. The lowest BCUT2D eigenvalue weighted by Crippen LogP contribution is -2.41. The third kappa shape index (κ3) is 3.84. The molecule has 0 atom stereocenters. The number of nitrogens with zero attached hydrogens (tertiary/aromatic N) is 3. The van der Waals surface area contributed by atoms with Gasteiger partial charge in [0.2, 0.25) is 5.91 Å². The van der Waals surface area contributed by atoms with E-state index < -0.39 is 10.0 Å². The molecule has 1 aromatic carbocycles. The van der Waals surface area contributed by atoms with E-state index in [2.05, 4.69) is 10.4 Å². The van der Waals surface area contributed by atoms with E-state index >= 15 is 0 Å². The molecule has 8 heteroatoms. The highest BCUT2D eigenvalue weighted by Crippen LogP contribution is 2.27. The standard InChI is InChI=1S/C17H24N4O3S/c1-6-18-16(22)11-21(15-9-7-12(2)8-10-15)25(23,24)17-13(3)19-20(5)14(17)4/h7-10H,6,11H2,1-5H3,(H,18,22). The summed E-state index contributed by atoms with van der Waals surface area (Å²) in [5.74, 6) is -0.356. The molecule has 0 aliphatic rings. The van der Waals surface area contributed by atoms with Crippen LogP contribution in [0.1, 0.15) is 23.9 Å². The van der Waals surface area contributed by atoms with Crippen molar-refractivity contribution < 1.29 is 13.2 Å². The Morgan fingerprint density at radius 3 is 2.28 bits per heavy atom. The van der Waals surface area contributed by atoms with Gasteiger partial charge in [-0.1, -0.05) is 17.7 Å². The normalized spacial score (nSPS) is 11.4. The summed E-state index contributed by atoms with van der Waals surface area (Å²) in [6.45, 7) is 7.21. The number of rotatable bonds is 6. The van der Waals surface area contributed by atoms with Gasteiger partial charge in [-0.3, -0.25) is 13.8 Å². The highest BCUT2D eigenvalue weighted by atomic mass is 32.2. The fraction of sp³-hybridized carbons (Fsp3) is 0.412. The Hall–Kier alpha value is -2.35. The smallest absolute Gasteiger partial charge is 0.268 e. The predicted molar refractivity (Wildman–Crippen MR) is 97.1 cm³/mol. The third-order valence-corrected chi connectivity index (χ3v) is 6.00. The molecule has 0 unspecified atom stereocenters. The molecule has 0 aliphatic carbocycles. The zero-order valence-electron chi connectivity index (χ0n) is 15.2. The van der Waals surface area contributed by atoms with Crippen LogP contribution in [0.15, 0.2) is 29.2 Å². The summed E-state index contributed by atoms with van der Waals surface area (Å²) >= 11 is 0. The Balaban J connectivity index is 2.57. The summed E-state index contributed by atoms with van der Waals surface area (Å²) in [5, 5.41) is 6.84. The Morgan fingerprint density at radius 2 is 1.80 bits per heavy atom. The first-order chi connectivity index (χ1) is 11.7. The van der Waals surface area contributed by atoms with Crippen LogP contribution in [0, 0.1) is 20.8 Å². The Morgan fingerprint density at radius 1 is 1.20 bits per heavy atom. The van der Waals surface area contributed by atoms with Crippen LogP contribution in [-0.2, 0) is 21.9 Å². The number of sulfonamides is 1. The molecule has 25 heavy (non-hydrogen) atoms. The molecular formula is C17H24N4O3S. The van der Waals surface area contributed by atoms with E-state index in [9.17, 15) is 13.2 Å². The van der Waals surface area contributed by atoms with Gasteiger partial charge in [0.25, 0.3) is 10.0 Å². The largest absolute Gasteiger partial charge is 0.355 e. The van der Waals surface area contributed by atoms with Crippen molar-refractivity contribution >= 4 is 21.6 Å². The molecular weight excluding hydrogens is 340 g/mol. The first kappa shape index (κ1) is 19.0. The molecule has 0 fully saturated rings. The number of aromatic nitrogens is 2. The summed E-state index contributed by atoms with van der Waals surface area (Å²) in [7, 11) is -2.24. The van der Waals surface area contributed by atoms with E-state index in [1.165, 1.54) is 4.68 Å². The van der Waals surface area contributed by atoms with E-state index in [4.69, 9.17) is 0 Å². The van der Waals surface area contributed by atoms with Crippen molar-refractivity contribution in [2.75, 3.05) is 17.4 Å². The van der Waals surface area contributed by atoms with Crippen molar-refractivity contribution in [3.8, 4) is 0 Å². The number of hydrogen-bond donors (Lipinski definition) is 1. The summed E-state index contributed by atoms with van der Waals surface area (Å²) < 4.78 is 29.3. The van der Waals surface area contributed by atoms with Crippen molar-refractivity contribution in [2.45, 2.75) is 32.6 Å². The molecule has 1 amide bonds. The number of benzene rings is 1. The van der Waals surface area contributed by atoms with Gasteiger partial charge >= 0.3 is 0 Å². The van der Waals surface area contributed by atoms with E-state index in [1.807, 2.05) is 19.1 Å². The lowest BCUT2D eigenvalue weighted by atomic mass is 10.2. The molecule has 0 bridgehead atoms. The molecule has 1 heterocycles. The maximum atomic E-state index is 13.3. The minimum atomic E-state index is -3.93. The van der Waals surface area contributed by atoms with Gasteiger partial charge in [0.05, 0.1) is 17.1 Å². The fourth-order valence-electron chi connectivity index (χ4n) is 2.65. The molecule has 7 nitrogen and oxygen atoms in total. The molecule has 0 saturated carbocycles. The number of anilines is 1. The molecule has 0 aliphatic heterocycles. The highest BCUT2D eigenvalue weighted by molar-refractivity contribution is 7.93. The molecule has 1 N–H and O–H groups in total. The van der Waals surface area contributed by atoms with E-state index in [-0.39, 0.29) is 17.3 Å². The van der Waals surface area contributed by atoms with Crippen LogP contribution >= 0.6 is 0 Å². The van der Waals surface area contributed by atoms with Gasteiger partial charge in [0.1, 0.15) is 11.4 Å². The number of nitrogens with one attached hydrogen (secondary N) is 1. The van der Waals surface area contributed by atoms with Gasteiger partial charge in [-0.05, 0) is 39.8 Å². The summed E-state index contributed by atoms with van der Waals surface area (Å²) in [4.78, 5) is 12.2. The second-order valence-electron chi connectivity index (χ2n) is 5.92. The number of likely N-dealkylation sites (N-methyl/N-ethyl adjacent to an activating group) is 1. The highest BCUT2D eigenvalue weighted by Gasteiger charge is 2.32. The Bertz CT molecular complexity index is 870. The zero-order chi connectivity index (χ0) is 18.8. The van der Waals surface area contributed by atoms with Crippen LogP contribution in [0.3, 0.4) is 0 Å². The Labute approximate surface area is 148 Å².